The van der Waals surface area contributed by atoms with E-state index in [-0.39, 0.29) is 47.8 Å². The highest BCUT2D eigenvalue weighted by Crippen LogP contribution is 2.57. The predicted molar refractivity (Wildman–Crippen MR) is 81.2 cm³/mol. The molecule has 0 bridgehead atoms. The van der Waals surface area contributed by atoms with E-state index in [2.05, 4.69) is 0 Å². The first kappa shape index (κ1) is 14.3. The Morgan fingerprint density at radius 3 is 2.52 bits per heavy atom. The molecule has 23 heavy (non-hydrogen) atoms. The molecule has 0 saturated heterocycles. The van der Waals surface area contributed by atoms with Crippen molar-refractivity contribution in [1.29, 1.82) is 0 Å². The van der Waals surface area contributed by atoms with Crippen LogP contribution in [0, 0.1) is 17.8 Å². The molecule has 1 aliphatic heterocycles. The van der Waals surface area contributed by atoms with E-state index in [0.717, 1.165) is 11.3 Å². The van der Waals surface area contributed by atoms with Crippen LogP contribution in [0.4, 0.5) is 0 Å². The maximum absolute atomic E-state index is 12.7. The smallest absolute Gasteiger partial charge is 0.231 e. The van der Waals surface area contributed by atoms with Crippen molar-refractivity contribution in [3.05, 3.63) is 35.1 Å². The van der Waals surface area contributed by atoms with Crippen LogP contribution < -0.4 is 9.47 Å². The van der Waals surface area contributed by atoms with Gasteiger partial charge in [-0.05, 0) is 36.5 Å². The van der Waals surface area contributed by atoms with E-state index in [4.69, 9.17) is 14.2 Å². The number of fused-ring (bicyclic) bond motifs is 2. The number of rotatable bonds is 2. The maximum atomic E-state index is 12.7. The van der Waals surface area contributed by atoms with Gasteiger partial charge >= 0.3 is 0 Å². The van der Waals surface area contributed by atoms with Crippen LogP contribution in [-0.4, -0.2) is 25.5 Å². The number of ether oxygens (including phenoxy) is 3. The van der Waals surface area contributed by atoms with Crippen molar-refractivity contribution in [3.63, 3.8) is 0 Å². The van der Waals surface area contributed by atoms with Crippen LogP contribution in [0.5, 0.6) is 11.5 Å². The number of allylic oxidation sites excluding steroid dienone is 2. The summed E-state index contributed by atoms with van der Waals surface area (Å²) in [4.78, 5) is 25.3. The normalized spacial score (nSPS) is 31.8. The molecular weight excluding hydrogens is 296 g/mol. The molecule has 3 aliphatic rings. The molecule has 0 aromatic heterocycles. The quantitative estimate of drug-likeness (QED) is 0.839. The summed E-state index contributed by atoms with van der Waals surface area (Å²) in [5.74, 6) is 1.16. The monoisotopic (exact) mass is 314 g/mol. The SMILES string of the molecule is COC1=C(C)C(=O)[C@@H]2[C@H](C)[C@@H](c3ccc4c(c3)OCO4)[C@@H]2C1=O. The number of benzene rings is 1. The highest BCUT2D eigenvalue weighted by atomic mass is 16.7. The van der Waals surface area contributed by atoms with E-state index in [0.29, 0.717) is 11.3 Å². The van der Waals surface area contributed by atoms with Crippen LogP contribution in [0.15, 0.2) is 29.5 Å². The highest BCUT2D eigenvalue weighted by molar-refractivity contribution is 6.14. The van der Waals surface area contributed by atoms with Crippen molar-refractivity contribution in [2.24, 2.45) is 17.8 Å². The Labute approximate surface area is 134 Å². The Balaban J connectivity index is 1.73. The lowest BCUT2D eigenvalue weighted by Crippen LogP contribution is -2.55. The molecule has 1 fully saturated rings. The van der Waals surface area contributed by atoms with Gasteiger partial charge in [-0.3, -0.25) is 9.59 Å². The largest absolute Gasteiger partial charge is 0.493 e. The zero-order chi connectivity index (χ0) is 16.3. The van der Waals surface area contributed by atoms with Gasteiger partial charge < -0.3 is 14.2 Å². The minimum Gasteiger partial charge on any atom is -0.493 e. The van der Waals surface area contributed by atoms with E-state index in [9.17, 15) is 9.59 Å². The summed E-state index contributed by atoms with van der Waals surface area (Å²) < 4.78 is 16.0. The van der Waals surface area contributed by atoms with Crippen molar-refractivity contribution in [1.82, 2.24) is 0 Å². The maximum Gasteiger partial charge on any atom is 0.231 e. The third-order valence-corrected chi connectivity index (χ3v) is 5.43. The van der Waals surface area contributed by atoms with E-state index in [1.165, 1.54) is 7.11 Å². The second-order valence-electron chi connectivity index (χ2n) is 6.44. The lowest BCUT2D eigenvalue weighted by molar-refractivity contribution is -0.145. The van der Waals surface area contributed by atoms with Crippen molar-refractivity contribution >= 4 is 11.6 Å². The van der Waals surface area contributed by atoms with Gasteiger partial charge in [-0.2, -0.15) is 0 Å². The Hall–Kier alpha value is -2.30. The lowest BCUT2D eigenvalue weighted by Gasteiger charge is -2.51. The van der Waals surface area contributed by atoms with Crippen LogP contribution in [0.1, 0.15) is 25.3 Å². The first-order valence-corrected chi connectivity index (χ1v) is 7.77. The molecule has 0 spiro atoms. The van der Waals surface area contributed by atoms with Gasteiger partial charge in [0.2, 0.25) is 12.6 Å². The van der Waals surface area contributed by atoms with Crippen LogP contribution in [0.25, 0.3) is 0 Å². The van der Waals surface area contributed by atoms with Gasteiger partial charge in [-0.1, -0.05) is 13.0 Å². The van der Waals surface area contributed by atoms with Crippen molar-refractivity contribution in [3.8, 4) is 11.5 Å². The minimum atomic E-state index is -0.337. The second-order valence-corrected chi connectivity index (χ2v) is 6.44. The van der Waals surface area contributed by atoms with Gasteiger partial charge in [0, 0.05) is 17.4 Å². The predicted octanol–water partition coefficient (Wildman–Crippen LogP) is 2.45. The number of methoxy groups -OCH3 is 1. The molecule has 0 N–H and O–H groups in total. The third kappa shape index (κ3) is 1.79. The van der Waals surface area contributed by atoms with Crippen LogP contribution in [-0.2, 0) is 14.3 Å². The summed E-state index contributed by atoms with van der Waals surface area (Å²) in [6.45, 7) is 3.93. The van der Waals surface area contributed by atoms with Gasteiger partial charge in [0.25, 0.3) is 0 Å². The van der Waals surface area contributed by atoms with Gasteiger partial charge in [-0.25, -0.2) is 0 Å². The number of hydrogen-bond acceptors (Lipinski definition) is 5. The molecular formula is C18H18O5. The number of carbonyl (C=O) groups excluding carboxylic acids is 2. The van der Waals surface area contributed by atoms with Crippen molar-refractivity contribution < 1.29 is 23.8 Å². The number of Topliss-reactive ketones (excluding diaryl/α,β-unsaturated/α-hetero) is 2. The number of hydrogen-bond donors (Lipinski definition) is 0. The molecule has 4 atom stereocenters. The number of ketones is 2. The summed E-state index contributed by atoms with van der Waals surface area (Å²) in [5.41, 5.74) is 1.47. The van der Waals surface area contributed by atoms with Crippen LogP contribution in [0.3, 0.4) is 0 Å². The highest BCUT2D eigenvalue weighted by Gasteiger charge is 2.59. The fourth-order valence-electron chi connectivity index (χ4n) is 4.27. The third-order valence-electron chi connectivity index (χ3n) is 5.43. The molecule has 1 aromatic carbocycles. The first-order chi connectivity index (χ1) is 11.0. The Bertz CT molecular complexity index is 748. The Morgan fingerprint density at radius 2 is 1.78 bits per heavy atom. The summed E-state index contributed by atoms with van der Waals surface area (Å²) in [5, 5.41) is 0. The average Bonchev–Trinajstić information content (AvgIpc) is 2.99. The molecule has 0 radical (unpaired) electrons. The van der Waals surface area contributed by atoms with E-state index >= 15 is 0 Å². The Morgan fingerprint density at radius 1 is 1.04 bits per heavy atom. The van der Waals surface area contributed by atoms with Crippen molar-refractivity contribution in [2.45, 2.75) is 19.8 Å². The lowest BCUT2D eigenvalue weighted by atomic mass is 9.50. The van der Waals surface area contributed by atoms with Gasteiger partial charge in [0.15, 0.2) is 23.0 Å². The molecule has 1 heterocycles. The van der Waals surface area contributed by atoms with Crippen LogP contribution >= 0.6 is 0 Å². The molecule has 4 rings (SSSR count). The topological polar surface area (TPSA) is 61.8 Å². The van der Waals surface area contributed by atoms with Gasteiger partial charge in [0.05, 0.1) is 7.11 Å². The van der Waals surface area contributed by atoms with E-state index < -0.39 is 0 Å². The fourth-order valence-corrected chi connectivity index (χ4v) is 4.27. The molecule has 120 valence electrons. The summed E-state index contributed by atoms with van der Waals surface area (Å²) in [6.07, 6.45) is 0. The Kier molecular flexibility index (Phi) is 3.01. The molecule has 0 amide bonds. The summed E-state index contributed by atoms with van der Waals surface area (Å²) >= 11 is 0. The summed E-state index contributed by atoms with van der Waals surface area (Å²) in [6, 6.07) is 5.75. The average molecular weight is 314 g/mol. The molecule has 2 aliphatic carbocycles. The van der Waals surface area contributed by atoms with Crippen LogP contribution in [0.2, 0.25) is 0 Å². The number of carbonyl (C=O) groups is 2. The standard InChI is InChI=1S/C18H18O5/c1-8-13(10-4-5-11-12(6-10)23-7-22-11)15-14(8)16(19)9(2)18(21-3)17(15)20/h4-6,8,13-15H,7H2,1-3H3/t8-,13+,14-,15+/m1/s1. The molecule has 0 unspecified atom stereocenters. The molecule has 1 aromatic rings. The fraction of sp³-hybridized carbons (Fsp3) is 0.444. The van der Waals surface area contributed by atoms with E-state index in [1.54, 1.807) is 6.92 Å². The van der Waals surface area contributed by atoms with Gasteiger partial charge in [0.1, 0.15) is 0 Å². The van der Waals surface area contributed by atoms with E-state index in [1.807, 2.05) is 25.1 Å². The zero-order valence-corrected chi connectivity index (χ0v) is 13.3. The molecule has 5 heteroatoms. The van der Waals surface area contributed by atoms with Gasteiger partial charge in [-0.15, -0.1) is 0 Å². The summed E-state index contributed by atoms with van der Waals surface area (Å²) in [7, 11) is 1.45. The first-order valence-electron chi connectivity index (χ1n) is 7.77. The van der Waals surface area contributed by atoms with Crippen molar-refractivity contribution in [2.75, 3.05) is 13.9 Å². The second kappa shape index (κ2) is 4.85. The zero-order valence-electron chi connectivity index (χ0n) is 13.3. The minimum absolute atomic E-state index is 0.00389. The molecule has 1 saturated carbocycles. The molecule has 5 nitrogen and oxygen atoms in total.